The highest BCUT2D eigenvalue weighted by molar-refractivity contribution is 5.97. The number of carbonyl (C=O) groups excluding carboxylic acids is 2. The lowest BCUT2D eigenvalue weighted by Crippen LogP contribution is -2.65. The topological polar surface area (TPSA) is 62.3 Å². The van der Waals surface area contributed by atoms with Crippen molar-refractivity contribution in [2.24, 2.45) is 5.41 Å². The zero-order valence-corrected chi connectivity index (χ0v) is 17.0. The summed E-state index contributed by atoms with van der Waals surface area (Å²) < 4.78 is 0. The predicted octanol–water partition coefficient (Wildman–Crippen LogP) is 3.39. The summed E-state index contributed by atoms with van der Waals surface area (Å²) in [6.07, 6.45) is 3.91. The van der Waals surface area contributed by atoms with Gasteiger partial charge in [0.15, 0.2) is 0 Å². The average Bonchev–Trinajstić information content (AvgIpc) is 2.75. The van der Waals surface area contributed by atoms with Crippen LogP contribution in [0.5, 0.6) is 0 Å². The van der Waals surface area contributed by atoms with Gasteiger partial charge in [-0.15, -0.1) is 0 Å². The molecule has 0 unspecified atom stereocenters. The molecule has 2 amide bonds. The number of amides is 2. The summed E-state index contributed by atoms with van der Waals surface area (Å²) >= 11 is 0. The molecule has 152 valence electrons. The molecule has 2 heterocycles. The minimum atomic E-state index is -0.622. The van der Waals surface area contributed by atoms with Crippen molar-refractivity contribution in [3.63, 3.8) is 0 Å². The number of nitrogens with one attached hydrogen (secondary N) is 1. The van der Waals surface area contributed by atoms with Crippen LogP contribution in [0.25, 0.3) is 0 Å². The zero-order valence-electron chi connectivity index (χ0n) is 17.0. The molecule has 1 N–H and O–H groups in total. The number of aryl methyl sites for hydroxylation is 1. The van der Waals surface area contributed by atoms with Crippen molar-refractivity contribution in [1.29, 1.82) is 0 Å². The molecule has 5 nitrogen and oxygen atoms in total. The highest BCUT2D eigenvalue weighted by Gasteiger charge is 2.50. The van der Waals surface area contributed by atoms with E-state index in [9.17, 15) is 9.59 Å². The Morgan fingerprint density at radius 3 is 2.23 bits per heavy atom. The first-order valence-corrected chi connectivity index (χ1v) is 10.1. The lowest BCUT2D eigenvalue weighted by Gasteiger charge is -2.49. The molecular formula is C25H25N3O2. The number of rotatable bonds is 6. The van der Waals surface area contributed by atoms with Gasteiger partial charge in [0, 0.05) is 32.0 Å². The fourth-order valence-electron chi connectivity index (χ4n) is 3.97. The number of likely N-dealkylation sites (tertiary alicyclic amines) is 1. The van der Waals surface area contributed by atoms with Crippen LogP contribution < -0.4 is 5.32 Å². The van der Waals surface area contributed by atoms with E-state index in [2.05, 4.69) is 10.3 Å². The Labute approximate surface area is 176 Å². The van der Waals surface area contributed by atoms with Gasteiger partial charge in [-0.1, -0.05) is 60.7 Å². The summed E-state index contributed by atoms with van der Waals surface area (Å²) in [4.78, 5) is 32.0. The summed E-state index contributed by atoms with van der Waals surface area (Å²) in [6.45, 7) is 3.19. The Kier molecular flexibility index (Phi) is 5.61. The Morgan fingerprint density at radius 2 is 1.60 bits per heavy atom. The number of hydrogen-bond acceptors (Lipinski definition) is 3. The number of benzene rings is 2. The van der Waals surface area contributed by atoms with E-state index in [1.165, 1.54) is 0 Å². The third kappa shape index (κ3) is 4.25. The van der Waals surface area contributed by atoms with E-state index in [0.717, 1.165) is 16.7 Å². The quantitative estimate of drug-likeness (QED) is 0.691. The van der Waals surface area contributed by atoms with Gasteiger partial charge in [0.05, 0.1) is 11.0 Å². The van der Waals surface area contributed by atoms with Gasteiger partial charge < -0.3 is 10.2 Å². The van der Waals surface area contributed by atoms with Gasteiger partial charge in [-0.2, -0.15) is 0 Å². The van der Waals surface area contributed by atoms with Crippen LogP contribution in [0.4, 0.5) is 0 Å². The number of aromatic nitrogens is 1. The van der Waals surface area contributed by atoms with Gasteiger partial charge in [-0.25, -0.2) is 0 Å². The highest BCUT2D eigenvalue weighted by atomic mass is 16.2. The maximum atomic E-state index is 13.2. The standard InChI is InChI=1S/C25H25N3O2/c1-19-12-22(16-26-14-19)23(29)28-17-25(18-28,13-20-8-4-2-5-9-20)24(30)27-15-21-10-6-3-7-11-21/h2-12,14,16H,13,15,17-18H2,1H3,(H,27,30). The number of nitrogens with zero attached hydrogens (tertiary/aromatic N) is 2. The van der Waals surface area contributed by atoms with E-state index in [1.54, 1.807) is 17.3 Å². The molecular weight excluding hydrogens is 374 g/mol. The second-order valence-corrected chi connectivity index (χ2v) is 8.02. The van der Waals surface area contributed by atoms with Gasteiger partial charge in [0.2, 0.25) is 5.91 Å². The van der Waals surface area contributed by atoms with Crippen molar-refractivity contribution in [3.8, 4) is 0 Å². The van der Waals surface area contributed by atoms with Crippen molar-refractivity contribution in [3.05, 3.63) is 101 Å². The van der Waals surface area contributed by atoms with Crippen LogP contribution in [-0.4, -0.2) is 34.8 Å². The molecule has 4 rings (SSSR count). The lowest BCUT2D eigenvalue weighted by molar-refractivity contribution is -0.139. The zero-order chi connectivity index (χ0) is 21.0. The Balaban J connectivity index is 1.49. The number of carbonyl (C=O) groups is 2. The van der Waals surface area contributed by atoms with E-state index in [1.807, 2.05) is 73.7 Å². The highest BCUT2D eigenvalue weighted by Crippen LogP contribution is 2.35. The van der Waals surface area contributed by atoms with Crippen molar-refractivity contribution >= 4 is 11.8 Å². The van der Waals surface area contributed by atoms with Gasteiger partial charge in [-0.3, -0.25) is 14.6 Å². The van der Waals surface area contributed by atoms with Gasteiger partial charge in [-0.05, 0) is 36.1 Å². The Bertz CT molecular complexity index is 1030. The third-order valence-corrected chi connectivity index (χ3v) is 5.56. The summed E-state index contributed by atoms with van der Waals surface area (Å²) in [5, 5.41) is 3.08. The van der Waals surface area contributed by atoms with Crippen LogP contribution in [-0.2, 0) is 17.8 Å². The SMILES string of the molecule is Cc1cncc(C(=O)N2CC(Cc3ccccc3)(C(=O)NCc3ccccc3)C2)c1. The van der Waals surface area contributed by atoms with E-state index >= 15 is 0 Å². The van der Waals surface area contributed by atoms with Crippen LogP contribution in [0.1, 0.15) is 27.0 Å². The molecule has 0 bridgehead atoms. The van der Waals surface area contributed by atoms with Gasteiger partial charge >= 0.3 is 0 Å². The molecule has 1 aliphatic rings. The molecule has 0 saturated carbocycles. The first-order chi connectivity index (χ1) is 14.6. The monoisotopic (exact) mass is 399 g/mol. The first kappa shape index (κ1) is 19.8. The molecule has 5 heteroatoms. The predicted molar refractivity (Wildman–Crippen MR) is 116 cm³/mol. The van der Waals surface area contributed by atoms with Crippen molar-refractivity contribution < 1.29 is 9.59 Å². The van der Waals surface area contributed by atoms with Gasteiger partial charge in [0.1, 0.15) is 0 Å². The Morgan fingerprint density at radius 1 is 0.967 bits per heavy atom. The summed E-state index contributed by atoms with van der Waals surface area (Å²) in [5.41, 5.74) is 3.03. The van der Waals surface area contributed by atoms with Crippen LogP contribution >= 0.6 is 0 Å². The van der Waals surface area contributed by atoms with E-state index < -0.39 is 5.41 Å². The third-order valence-electron chi connectivity index (χ3n) is 5.56. The molecule has 3 aromatic rings. The molecule has 1 aromatic heterocycles. The Hall–Kier alpha value is -3.47. The van der Waals surface area contributed by atoms with Crippen molar-refractivity contribution in [2.45, 2.75) is 19.9 Å². The summed E-state index contributed by atoms with van der Waals surface area (Å²) in [6, 6.07) is 21.7. The van der Waals surface area contributed by atoms with Crippen molar-refractivity contribution in [2.75, 3.05) is 13.1 Å². The van der Waals surface area contributed by atoms with Crippen LogP contribution in [0, 0.1) is 12.3 Å². The fraction of sp³-hybridized carbons (Fsp3) is 0.240. The number of pyridine rings is 1. The molecule has 0 radical (unpaired) electrons. The number of hydrogen-bond donors (Lipinski definition) is 1. The van der Waals surface area contributed by atoms with E-state index in [0.29, 0.717) is 31.6 Å². The smallest absolute Gasteiger partial charge is 0.255 e. The molecule has 0 atom stereocenters. The lowest BCUT2D eigenvalue weighted by atomic mass is 9.73. The van der Waals surface area contributed by atoms with Crippen LogP contribution in [0.15, 0.2) is 79.1 Å². The second-order valence-electron chi connectivity index (χ2n) is 8.02. The minimum Gasteiger partial charge on any atom is -0.351 e. The minimum absolute atomic E-state index is 0.0124. The van der Waals surface area contributed by atoms with E-state index in [-0.39, 0.29) is 11.8 Å². The average molecular weight is 399 g/mol. The van der Waals surface area contributed by atoms with Gasteiger partial charge in [0.25, 0.3) is 5.91 Å². The fourth-order valence-corrected chi connectivity index (χ4v) is 3.97. The second kappa shape index (κ2) is 8.49. The molecule has 30 heavy (non-hydrogen) atoms. The normalized spacial score (nSPS) is 14.6. The summed E-state index contributed by atoms with van der Waals surface area (Å²) in [7, 11) is 0. The maximum absolute atomic E-state index is 13.2. The summed E-state index contributed by atoms with van der Waals surface area (Å²) in [5.74, 6) is -0.0904. The molecule has 1 saturated heterocycles. The van der Waals surface area contributed by atoms with Crippen LogP contribution in [0.3, 0.4) is 0 Å². The molecule has 0 aliphatic carbocycles. The van der Waals surface area contributed by atoms with Crippen LogP contribution in [0.2, 0.25) is 0 Å². The van der Waals surface area contributed by atoms with E-state index in [4.69, 9.17) is 0 Å². The maximum Gasteiger partial charge on any atom is 0.255 e. The van der Waals surface area contributed by atoms with Crippen molar-refractivity contribution in [1.82, 2.24) is 15.2 Å². The molecule has 1 aliphatic heterocycles. The molecule has 0 spiro atoms. The first-order valence-electron chi connectivity index (χ1n) is 10.1. The molecule has 1 fully saturated rings. The molecule has 2 aromatic carbocycles. The largest absolute Gasteiger partial charge is 0.351 e.